The van der Waals surface area contributed by atoms with E-state index >= 15 is 0 Å². The summed E-state index contributed by atoms with van der Waals surface area (Å²) in [6.45, 7) is 2.52. The summed E-state index contributed by atoms with van der Waals surface area (Å²) in [6, 6.07) is 1.52. The Labute approximate surface area is 120 Å². The maximum atomic E-state index is 12.2. The second-order valence-electron chi connectivity index (χ2n) is 4.41. The van der Waals surface area contributed by atoms with Crippen LogP contribution in [0.1, 0.15) is 23.7 Å². The number of carbonyl (C=O) groups excluding carboxylic acids is 1. The first kappa shape index (κ1) is 14.6. The number of rotatable bonds is 5. The highest BCUT2D eigenvalue weighted by Crippen LogP contribution is 2.22. The number of nitrogens with one attached hydrogen (secondary N) is 2. The van der Waals surface area contributed by atoms with E-state index in [1.807, 2.05) is 6.92 Å². The topological polar surface area (TPSA) is 97.2 Å². The van der Waals surface area contributed by atoms with E-state index in [-0.39, 0.29) is 17.3 Å². The van der Waals surface area contributed by atoms with Crippen molar-refractivity contribution in [3.63, 3.8) is 0 Å². The lowest BCUT2D eigenvalue weighted by Crippen LogP contribution is -2.35. The van der Waals surface area contributed by atoms with E-state index in [2.05, 4.69) is 15.6 Å². The number of carbonyl (C=O) groups is 1. The summed E-state index contributed by atoms with van der Waals surface area (Å²) in [4.78, 5) is 26.5. The largest absolute Gasteiger partial charge is 0.370 e. The van der Waals surface area contributed by atoms with Gasteiger partial charge in [0.2, 0.25) is 0 Å². The lowest BCUT2D eigenvalue weighted by atomic mass is 10.2. The molecule has 7 nitrogen and oxygen atoms in total. The van der Waals surface area contributed by atoms with Crippen LogP contribution in [-0.2, 0) is 0 Å². The average Bonchev–Trinajstić information content (AvgIpc) is 2.91. The molecule has 0 aromatic carbocycles. The van der Waals surface area contributed by atoms with Crippen LogP contribution in [0.5, 0.6) is 0 Å². The Bertz CT molecular complexity index is 517. The Morgan fingerprint density at radius 3 is 3.05 bits per heavy atom. The molecule has 108 valence electrons. The quantitative estimate of drug-likeness (QED) is 0.633. The smallest absolute Gasteiger partial charge is 0.300 e. The van der Waals surface area contributed by atoms with Crippen LogP contribution in [0.2, 0.25) is 0 Å². The summed E-state index contributed by atoms with van der Waals surface area (Å²) >= 11 is 1.77. The van der Waals surface area contributed by atoms with Gasteiger partial charge < -0.3 is 10.6 Å². The molecule has 2 rings (SSSR count). The Hall–Kier alpha value is -1.83. The minimum atomic E-state index is -0.582. The predicted molar refractivity (Wildman–Crippen MR) is 78.3 cm³/mol. The third-order valence-corrected chi connectivity index (χ3v) is 4.11. The average molecular weight is 296 g/mol. The second-order valence-corrected chi connectivity index (χ2v) is 5.56. The normalized spacial score (nSPS) is 17.8. The molecule has 2 N–H and O–H groups in total. The third kappa shape index (κ3) is 3.38. The highest BCUT2D eigenvalue weighted by molar-refractivity contribution is 7.99. The number of anilines is 1. The molecular weight excluding hydrogens is 280 g/mol. The minimum Gasteiger partial charge on any atom is -0.370 e. The maximum Gasteiger partial charge on any atom is 0.300 e. The Kier molecular flexibility index (Phi) is 4.78. The molecule has 1 aliphatic heterocycles. The molecule has 1 unspecified atom stereocenters. The lowest BCUT2D eigenvalue weighted by molar-refractivity contribution is -0.385. The molecule has 0 aliphatic carbocycles. The summed E-state index contributed by atoms with van der Waals surface area (Å²) in [5.74, 6) is 1.91. The van der Waals surface area contributed by atoms with Crippen molar-refractivity contribution in [3.8, 4) is 0 Å². The second kappa shape index (κ2) is 6.56. The number of hydrogen-bond donors (Lipinski definition) is 2. The van der Waals surface area contributed by atoms with Gasteiger partial charge in [-0.15, -0.1) is 0 Å². The molecule has 0 radical (unpaired) electrons. The molecular formula is C12H16N4O3S. The van der Waals surface area contributed by atoms with Gasteiger partial charge in [-0.3, -0.25) is 14.9 Å². The number of amides is 1. The first-order valence-corrected chi connectivity index (χ1v) is 7.54. The Morgan fingerprint density at radius 1 is 1.65 bits per heavy atom. The van der Waals surface area contributed by atoms with E-state index in [9.17, 15) is 14.9 Å². The first-order chi connectivity index (χ1) is 9.61. The molecule has 1 amide bonds. The number of hydrogen-bond acceptors (Lipinski definition) is 6. The van der Waals surface area contributed by atoms with E-state index in [1.54, 1.807) is 11.8 Å². The highest BCUT2D eigenvalue weighted by Gasteiger charge is 2.25. The fourth-order valence-electron chi connectivity index (χ4n) is 1.96. The summed E-state index contributed by atoms with van der Waals surface area (Å²) in [7, 11) is 0. The summed E-state index contributed by atoms with van der Waals surface area (Å²) < 4.78 is 0. The molecule has 0 saturated carbocycles. The van der Waals surface area contributed by atoms with Crippen LogP contribution in [0.25, 0.3) is 0 Å². The third-order valence-electron chi connectivity index (χ3n) is 2.95. The highest BCUT2D eigenvalue weighted by atomic mass is 32.2. The monoisotopic (exact) mass is 296 g/mol. The van der Waals surface area contributed by atoms with Crippen LogP contribution in [-0.4, -0.2) is 39.9 Å². The van der Waals surface area contributed by atoms with Gasteiger partial charge in [0.25, 0.3) is 11.6 Å². The number of thioether (sulfide) groups is 1. The van der Waals surface area contributed by atoms with E-state index in [4.69, 9.17) is 0 Å². The number of nitrogens with zero attached hydrogens (tertiary/aromatic N) is 2. The van der Waals surface area contributed by atoms with Crippen molar-refractivity contribution < 1.29 is 9.72 Å². The summed E-state index contributed by atoms with van der Waals surface area (Å²) in [5.41, 5.74) is -0.215. The molecule has 2 heterocycles. The summed E-state index contributed by atoms with van der Waals surface area (Å²) in [6.07, 6.45) is 2.02. The molecule has 8 heteroatoms. The van der Waals surface area contributed by atoms with Crippen molar-refractivity contribution in [2.45, 2.75) is 19.4 Å². The number of nitro groups is 1. The van der Waals surface area contributed by atoms with Crippen LogP contribution in [0.4, 0.5) is 11.5 Å². The first-order valence-electron chi connectivity index (χ1n) is 6.38. The molecule has 1 fully saturated rings. The molecule has 1 aromatic heterocycles. The van der Waals surface area contributed by atoms with Crippen LogP contribution >= 0.6 is 11.8 Å². The van der Waals surface area contributed by atoms with Crippen molar-refractivity contribution in [2.75, 3.05) is 23.4 Å². The molecule has 0 bridgehead atoms. The summed E-state index contributed by atoms with van der Waals surface area (Å²) in [5, 5.41) is 16.8. The Balaban J connectivity index is 2.23. The minimum absolute atomic E-state index is 0.0536. The van der Waals surface area contributed by atoms with Gasteiger partial charge in [0.15, 0.2) is 0 Å². The van der Waals surface area contributed by atoms with Gasteiger partial charge in [0.1, 0.15) is 17.6 Å². The van der Waals surface area contributed by atoms with E-state index in [0.29, 0.717) is 12.4 Å². The zero-order valence-corrected chi connectivity index (χ0v) is 11.9. The zero-order valence-electron chi connectivity index (χ0n) is 11.1. The van der Waals surface area contributed by atoms with E-state index < -0.39 is 10.8 Å². The van der Waals surface area contributed by atoms with Gasteiger partial charge >= 0.3 is 0 Å². The number of pyridine rings is 1. The molecule has 1 atom stereocenters. The molecule has 0 spiro atoms. The van der Waals surface area contributed by atoms with Gasteiger partial charge in [-0.25, -0.2) is 4.98 Å². The van der Waals surface area contributed by atoms with Crippen molar-refractivity contribution in [2.24, 2.45) is 0 Å². The van der Waals surface area contributed by atoms with Crippen molar-refractivity contribution in [1.82, 2.24) is 10.3 Å². The molecule has 1 aromatic rings. The van der Waals surface area contributed by atoms with Crippen molar-refractivity contribution in [1.29, 1.82) is 0 Å². The van der Waals surface area contributed by atoms with Gasteiger partial charge in [-0.05, 0) is 19.1 Å². The molecule has 1 aliphatic rings. The van der Waals surface area contributed by atoms with Crippen LogP contribution in [0, 0.1) is 10.1 Å². The fourth-order valence-corrected chi connectivity index (χ4v) is 3.12. The lowest BCUT2D eigenvalue weighted by Gasteiger charge is -2.12. The zero-order chi connectivity index (χ0) is 14.5. The van der Waals surface area contributed by atoms with Gasteiger partial charge in [0, 0.05) is 24.4 Å². The fraction of sp³-hybridized carbons (Fsp3) is 0.500. The standard InChI is InChI=1S/C12H16N4O3S/c1-2-13-11-5-9(10(6-14-11)16(18)19)12(17)15-8-3-4-20-7-8/h5-6,8H,2-4,7H2,1H3,(H,13,14)(H,15,17). The van der Waals surface area contributed by atoms with E-state index in [0.717, 1.165) is 24.1 Å². The van der Waals surface area contributed by atoms with Gasteiger partial charge in [-0.1, -0.05) is 0 Å². The number of aromatic nitrogens is 1. The van der Waals surface area contributed by atoms with Crippen LogP contribution in [0.3, 0.4) is 0 Å². The van der Waals surface area contributed by atoms with Crippen molar-refractivity contribution >= 4 is 29.2 Å². The van der Waals surface area contributed by atoms with Crippen molar-refractivity contribution in [3.05, 3.63) is 27.9 Å². The maximum absolute atomic E-state index is 12.2. The van der Waals surface area contributed by atoms with Crippen LogP contribution in [0.15, 0.2) is 12.3 Å². The SMILES string of the molecule is CCNc1cc(C(=O)NC2CCSC2)c([N+](=O)[O-])cn1. The van der Waals surface area contributed by atoms with Gasteiger partial charge in [0.05, 0.1) is 4.92 Å². The van der Waals surface area contributed by atoms with Gasteiger partial charge in [-0.2, -0.15) is 11.8 Å². The van der Waals surface area contributed by atoms with E-state index in [1.165, 1.54) is 6.07 Å². The predicted octanol–water partition coefficient (Wildman–Crippen LogP) is 1.66. The molecule has 1 saturated heterocycles. The van der Waals surface area contributed by atoms with Crippen LogP contribution < -0.4 is 10.6 Å². The Morgan fingerprint density at radius 2 is 2.45 bits per heavy atom. The molecule has 20 heavy (non-hydrogen) atoms.